The molecule has 2 aliphatic heterocycles. The van der Waals surface area contributed by atoms with Gasteiger partial charge in [-0.15, -0.1) is 0 Å². The Bertz CT molecular complexity index is 1120. The molecular formula is C25H24N2O4. The molecule has 6 heteroatoms. The molecule has 0 aromatic heterocycles. The minimum atomic E-state index is -0.822. The van der Waals surface area contributed by atoms with E-state index in [4.69, 9.17) is 0 Å². The molecule has 0 aliphatic carbocycles. The van der Waals surface area contributed by atoms with Gasteiger partial charge in [0.05, 0.1) is 11.1 Å². The van der Waals surface area contributed by atoms with Crippen LogP contribution in [0.5, 0.6) is 0 Å². The molecule has 0 saturated carbocycles. The maximum atomic E-state index is 12.9. The van der Waals surface area contributed by atoms with Gasteiger partial charge in [-0.25, -0.2) is 0 Å². The van der Waals surface area contributed by atoms with Crippen molar-refractivity contribution in [3.63, 3.8) is 0 Å². The van der Waals surface area contributed by atoms with Crippen LogP contribution in [0.25, 0.3) is 0 Å². The Hall–Kier alpha value is -3.54. The number of carbonyl (C=O) groups is 4. The SMILES string of the molecule is C=C1CCC(N2C(=O)c3ccc(CCC(=O)Cc4cccc(C)c4)cc3C2=O)C(=O)N1. The van der Waals surface area contributed by atoms with Gasteiger partial charge in [0.15, 0.2) is 0 Å². The van der Waals surface area contributed by atoms with Crippen molar-refractivity contribution >= 4 is 23.5 Å². The number of piperidine rings is 1. The quantitative estimate of drug-likeness (QED) is 0.734. The number of aryl methyl sites for hydroxylation is 2. The molecule has 1 atom stereocenters. The van der Waals surface area contributed by atoms with E-state index < -0.39 is 17.9 Å². The summed E-state index contributed by atoms with van der Waals surface area (Å²) in [4.78, 5) is 51.5. The number of allylic oxidation sites excluding steroid dienone is 1. The maximum Gasteiger partial charge on any atom is 0.262 e. The zero-order chi connectivity index (χ0) is 22.1. The first-order valence-corrected chi connectivity index (χ1v) is 10.4. The van der Waals surface area contributed by atoms with Crippen LogP contribution in [-0.4, -0.2) is 34.4 Å². The number of hydrogen-bond donors (Lipinski definition) is 1. The van der Waals surface area contributed by atoms with E-state index in [2.05, 4.69) is 11.9 Å². The number of hydrogen-bond acceptors (Lipinski definition) is 4. The molecule has 4 rings (SSSR count). The zero-order valence-electron chi connectivity index (χ0n) is 17.4. The number of carbonyl (C=O) groups excluding carboxylic acids is 4. The van der Waals surface area contributed by atoms with Crippen molar-refractivity contribution in [3.8, 4) is 0 Å². The highest BCUT2D eigenvalue weighted by atomic mass is 16.2. The standard InChI is InChI=1S/C25H24N2O4/c1-15-4-3-5-18(12-15)13-19(28)9-7-17-8-10-20-21(14-17)25(31)27(24(20)30)22-11-6-16(2)26-23(22)29/h3-5,8,10,12,14,22H,2,6-7,9,11,13H2,1H3,(H,26,29). The molecule has 158 valence electrons. The van der Waals surface area contributed by atoms with Gasteiger partial charge < -0.3 is 5.32 Å². The Morgan fingerprint density at radius 3 is 2.58 bits per heavy atom. The minimum absolute atomic E-state index is 0.120. The monoisotopic (exact) mass is 416 g/mol. The van der Waals surface area contributed by atoms with Crippen LogP contribution >= 0.6 is 0 Å². The lowest BCUT2D eigenvalue weighted by atomic mass is 9.99. The summed E-state index contributed by atoms with van der Waals surface area (Å²) in [6, 6.07) is 12.1. The van der Waals surface area contributed by atoms with Gasteiger partial charge in [-0.2, -0.15) is 0 Å². The van der Waals surface area contributed by atoms with Gasteiger partial charge in [0.2, 0.25) is 5.91 Å². The summed E-state index contributed by atoms with van der Waals surface area (Å²) in [5.74, 6) is -1.17. The van der Waals surface area contributed by atoms with Gasteiger partial charge in [-0.05, 0) is 49.4 Å². The van der Waals surface area contributed by atoms with E-state index in [1.54, 1.807) is 18.2 Å². The van der Waals surface area contributed by atoms with E-state index in [-0.39, 0.29) is 11.7 Å². The first kappa shape index (κ1) is 20.7. The zero-order valence-corrected chi connectivity index (χ0v) is 17.4. The highest BCUT2D eigenvalue weighted by Crippen LogP contribution is 2.29. The Labute approximate surface area is 180 Å². The van der Waals surface area contributed by atoms with Crippen molar-refractivity contribution in [2.45, 2.75) is 45.1 Å². The molecule has 0 bridgehead atoms. The van der Waals surface area contributed by atoms with Crippen molar-refractivity contribution in [1.29, 1.82) is 0 Å². The van der Waals surface area contributed by atoms with Gasteiger partial charge >= 0.3 is 0 Å². The summed E-state index contributed by atoms with van der Waals surface area (Å²) in [6.07, 6.45) is 2.11. The van der Waals surface area contributed by atoms with Crippen molar-refractivity contribution < 1.29 is 19.2 Å². The first-order chi connectivity index (χ1) is 14.8. The fraction of sp³-hybridized carbons (Fsp3) is 0.280. The van der Waals surface area contributed by atoms with Gasteiger partial charge in [0.25, 0.3) is 11.8 Å². The van der Waals surface area contributed by atoms with Crippen LogP contribution in [0, 0.1) is 6.92 Å². The molecule has 2 aromatic carbocycles. The Kier molecular flexibility index (Phi) is 5.55. The van der Waals surface area contributed by atoms with Gasteiger partial charge in [-0.1, -0.05) is 42.5 Å². The van der Waals surface area contributed by atoms with E-state index in [9.17, 15) is 19.2 Å². The molecule has 1 saturated heterocycles. The third kappa shape index (κ3) is 4.19. The molecule has 3 amide bonds. The Morgan fingerprint density at radius 2 is 1.84 bits per heavy atom. The van der Waals surface area contributed by atoms with Crippen molar-refractivity contribution in [2.75, 3.05) is 0 Å². The third-order valence-electron chi connectivity index (χ3n) is 5.79. The summed E-state index contributed by atoms with van der Waals surface area (Å²) in [5.41, 5.74) is 4.12. The van der Waals surface area contributed by atoms with Crippen LogP contribution in [0.2, 0.25) is 0 Å². The molecule has 0 radical (unpaired) electrons. The third-order valence-corrected chi connectivity index (χ3v) is 5.79. The number of fused-ring (bicyclic) bond motifs is 1. The molecular weight excluding hydrogens is 392 g/mol. The number of rotatable bonds is 6. The van der Waals surface area contributed by atoms with Crippen LogP contribution < -0.4 is 5.32 Å². The lowest BCUT2D eigenvalue weighted by molar-refractivity contribution is -0.125. The van der Waals surface area contributed by atoms with E-state index in [0.29, 0.717) is 48.9 Å². The van der Waals surface area contributed by atoms with Gasteiger partial charge in [0, 0.05) is 18.5 Å². The van der Waals surface area contributed by atoms with Crippen molar-refractivity contribution in [3.05, 3.63) is 82.6 Å². The highest BCUT2D eigenvalue weighted by Gasteiger charge is 2.43. The number of benzene rings is 2. The van der Waals surface area contributed by atoms with E-state index in [0.717, 1.165) is 21.6 Å². The van der Waals surface area contributed by atoms with Gasteiger partial charge in [-0.3, -0.25) is 24.1 Å². The Balaban J connectivity index is 1.44. The molecule has 1 unspecified atom stereocenters. The first-order valence-electron chi connectivity index (χ1n) is 10.4. The fourth-order valence-electron chi connectivity index (χ4n) is 4.18. The number of nitrogens with one attached hydrogen (secondary N) is 1. The molecule has 31 heavy (non-hydrogen) atoms. The predicted octanol–water partition coefficient (Wildman–Crippen LogP) is 3.13. The van der Waals surface area contributed by atoms with Crippen LogP contribution in [0.1, 0.15) is 56.7 Å². The second kappa shape index (κ2) is 8.30. The fourth-order valence-corrected chi connectivity index (χ4v) is 4.18. The Morgan fingerprint density at radius 1 is 1.06 bits per heavy atom. The number of Topliss-reactive ketones (excluding diaryl/α,β-unsaturated/α-hetero) is 1. The summed E-state index contributed by atoms with van der Waals surface area (Å²) in [7, 11) is 0. The minimum Gasteiger partial charge on any atom is -0.329 e. The van der Waals surface area contributed by atoms with E-state index in [1.807, 2.05) is 31.2 Å². The molecule has 2 aromatic rings. The summed E-state index contributed by atoms with van der Waals surface area (Å²) >= 11 is 0. The smallest absolute Gasteiger partial charge is 0.262 e. The number of imide groups is 1. The number of amides is 3. The van der Waals surface area contributed by atoms with E-state index >= 15 is 0 Å². The molecule has 0 spiro atoms. The average molecular weight is 416 g/mol. The topological polar surface area (TPSA) is 83.6 Å². The normalized spacial score (nSPS) is 18.2. The van der Waals surface area contributed by atoms with Crippen molar-refractivity contribution in [2.24, 2.45) is 0 Å². The lowest BCUT2D eigenvalue weighted by Gasteiger charge is -2.29. The average Bonchev–Trinajstić information content (AvgIpc) is 2.97. The van der Waals surface area contributed by atoms with E-state index in [1.165, 1.54) is 0 Å². The lowest BCUT2D eigenvalue weighted by Crippen LogP contribution is -2.51. The summed E-state index contributed by atoms with van der Waals surface area (Å²) in [6.45, 7) is 5.73. The second-order valence-electron chi connectivity index (χ2n) is 8.21. The highest BCUT2D eigenvalue weighted by molar-refractivity contribution is 6.23. The largest absolute Gasteiger partial charge is 0.329 e. The molecule has 6 nitrogen and oxygen atoms in total. The maximum absolute atomic E-state index is 12.9. The molecule has 2 heterocycles. The predicted molar refractivity (Wildman–Crippen MR) is 115 cm³/mol. The van der Waals surface area contributed by atoms with Crippen molar-refractivity contribution in [1.82, 2.24) is 10.2 Å². The molecule has 1 fully saturated rings. The number of nitrogens with zero attached hydrogens (tertiary/aromatic N) is 1. The summed E-state index contributed by atoms with van der Waals surface area (Å²) < 4.78 is 0. The molecule has 2 aliphatic rings. The number of ketones is 1. The van der Waals surface area contributed by atoms with Gasteiger partial charge in [0.1, 0.15) is 11.8 Å². The van der Waals surface area contributed by atoms with Crippen LogP contribution in [0.4, 0.5) is 0 Å². The summed E-state index contributed by atoms with van der Waals surface area (Å²) in [5, 5.41) is 2.62. The second-order valence-corrected chi connectivity index (χ2v) is 8.21. The van der Waals surface area contributed by atoms with Crippen LogP contribution in [0.3, 0.4) is 0 Å². The van der Waals surface area contributed by atoms with Crippen LogP contribution in [-0.2, 0) is 22.4 Å². The van der Waals surface area contributed by atoms with Crippen LogP contribution in [0.15, 0.2) is 54.7 Å². The molecule has 1 N–H and O–H groups in total.